The molecule has 0 aromatic heterocycles. The molecule has 3 N–H and O–H groups in total. The number of hydrogen-bond acceptors (Lipinski definition) is 2. The monoisotopic (exact) mass is 357 g/mol. The molecule has 130 valence electrons. The minimum absolute atomic E-state index is 0.279. The zero-order chi connectivity index (χ0) is 18.2. The van der Waals surface area contributed by atoms with Crippen LogP contribution >= 0.6 is 12.2 Å². The van der Waals surface area contributed by atoms with Gasteiger partial charge in [-0.05, 0) is 59.6 Å². The van der Waals surface area contributed by atoms with E-state index in [0.29, 0.717) is 5.92 Å². The molecule has 2 aromatic rings. The van der Waals surface area contributed by atoms with E-state index < -0.39 is 0 Å². The predicted molar refractivity (Wildman–Crippen MR) is 103 cm³/mol. The molecule has 2 rings (SSSR count). The van der Waals surface area contributed by atoms with Gasteiger partial charge < -0.3 is 5.32 Å². The zero-order valence-electron chi connectivity index (χ0n) is 14.0. The van der Waals surface area contributed by atoms with E-state index >= 15 is 0 Å². The fourth-order valence-electron chi connectivity index (χ4n) is 2.02. The lowest BCUT2D eigenvalue weighted by molar-refractivity contribution is -0.116. The molecule has 0 spiro atoms. The van der Waals surface area contributed by atoms with E-state index in [0.717, 1.165) is 11.3 Å². The molecule has 0 aliphatic rings. The lowest BCUT2D eigenvalue weighted by Gasteiger charge is -2.11. The summed E-state index contributed by atoms with van der Waals surface area (Å²) in [5.74, 6) is -0.226. The molecule has 0 bridgehead atoms. The molecule has 25 heavy (non-hydrogen) atoms. The van der Waals surface area contributed by atoms with E-state index in [1.54, 1.807) is 18.2 Å². The Balaban J connectivity index is 1.78. The summed E-state index contributed by atoms with van der Waals surface area (Å²) in [7, 11) is 0. The first kappa shape index (κ1) is 18.6. The summed E-state index contributed by atoms with van der Waals surface area (Å²) in [6.07, 6.45) is 2.91. The van der Waals surface area contributed by atoms with Gasteiger partial charge in [-0.3, -0.25) is 15.6 Å². The van der Waals surface area contributed by atoms with Gasteiger partial charge in [0.25, 0.3) is 5.91 Å². The highest BCUT2D eigenvalue weighted by atomic mass is 32.1. The molecule has 1 amide bonds. The largest absolute Gasteiger partial charge is 0.331 e. The van der Waals surface area contributed by atoms with Gasteiger partial charge in [-0.15, -0.1) is 0 Å². The Bertz CT molecular complexity index is 755. The van der Waals surface area contributed by atoms with Crippen molar-refractivity contribution in [2.24, 2.45) is 0 Å². The maximum absolute atomic E-state index is 12.8. The van der Waals surface area contributed by atoms with Gasteiger partial charge in [0.15, 0.2) is 5.11 Å². The van der Waals surface area contributed by atoms with Crippen molar-refractivity contribution in [3.8, 4) is 0 Å². The number of hydrogen-bond donors (Lipinski definition) is 3. The van der Waals surface area contributed by atoms with Gasteiger partial charge in [0.05, 0.1) is 0 Å². The van der Waals surface area contributed by atoms with E-state index in [4.69, 9.17) is 12.2 Å². The molecular formula is C19H20FN3OS. The lowest BCUT2D eigenvalue weighted by Crippen LogP contribution is -2.43. The smallest absolute Gasteiger partial charge is 0.262 e. The van der Waals surface area contributed by atoms with Crippen LogP contribution in [-0.4, -0.2) is 11.0 Å². The average molecular weight is 357 g/mol. The van der Waals surface area contributed by atoms with Gasteiger partial charge >= 0.3 is 0 Å². The summed E-state index contributed by atoms with van der Waals surface area (Å²) < 4.78 is 12.8. The number of amides is 1. The van der Waals surface area contributed by atoms with Gasteiger partial charge in [-0.25, -0.2) is 4.39 Å². The third-order valence-electron chi connectivity index (χ3n) is 3.43. The maximum atomic E-state index is 12.8. The third kappa shape index (κ3) is 6.35. The van der Waals surface area contributed by atoms with E-state index in [2.05, 4.69) is 30.0 Å². The third-order valence-corrected chi connectivity index (χ3v) is 3.64. The Morgan fingerprint density at radius 3 is 2.28 bits per heavy atom. The van der Waals surface area contributed by atoms with Crippen molar-refractivity contribution in [3.63, 3.8) is 0 Å². The molecule has 0 aliphatic heterocycles. The number of anilines is 1. The van der Waals surface area contributed by atoms with Gasteiger partial charge in [0, 0.05) is 11.8 Å². The Hall–Kier alpha value is -2.73. The van der Waals surface area contributed by atoms with Crippen molar-refractivity contribution in [2.75, 3.05) is 5.32 Å². The van der Waals surface area contributed by atoms with Crippen LogP contribution in [-0.2, 0) is 4.79 Å². The number of benzene rings is 2. The normalized spacial score (nSPS) is 10.7. The number of hydrazine groups is 1. The van der Waals surface area contributed by atoms with Crippen LogP contribution in [0.25, 0.3) is 6.08 Å². The second kappa shape index (κ2) is 8.94. The van der Waals surface area contributed by atoms with Crippen LogP contribution < -0.4 is 16.2 Å². The second-order valence-electron chi connectivity index (χ2n) is 5.73. The maximum Gasteiger partial charge on any atom is 0.262 e. The first-order valence-corrected chi connectivity index (χ1v) is 8.25. The highest BCUT2D eigenvalue weighted by molar-refractivity contribution is 7.80. The van der Waals surface area contributed by atoms with Crippen molar-refractivity contribution in [3.05, 3.63) is 71.6 Å². The van der Waals surface area contributed by atoms with Gasteiger partial charge in [0.1, 0.15) is 5.82 Å². The summed E-state index contributed by atoms with van der Waals surface area (Å²) in [5, 5.41) is 3.26. The molecule has 0 saturated heterocycles. The Labute approximate surface area is 152 Å². The molecule has 0 radical (unpaired) electrons. The Morgan fingerprint density at radius 2 is 1.68 bits per heavy atom. The van der Waals surface area contributed by atoms with Gasteiger partial charge in [0.2, 0.25) is 0 Å². The van der Waals surface area contributed by atoms with E-state index in [-0.39, 0.29) is 16.8 Å². The van der Waals surface area contributed by atoms with E-state index in [1.807, 2.05) is 24.3 Å². The van der Waals surface area contributed by atoms with Crippen LogP contribution in [0.15, 0.2) is 54.6 Å². The quantitative estimate of drug-likeness (QED) is 0.440. The minimum atomic E-state index is -0.372. The first-order chi connectivity index (χ1) is 11.9. The van der Waals surface area contributed by atoms with Crippen LogP contribution in [0.2, 0.25) is 0 Å². The Morgan fingerprint density at radius 1 is 1.04 bits per heavy atom. The summed E-state index contributed by atoms with van der Waals surface area (Å²) >= 11 is 5.13. The van der Waals surface area contributed by atoms with Crippen molar-refractivity contribution in [2.45, 2.75) is 19.8 Å². The number of halogens is 1. The summed E-state index contributed by atoms with van der Waals surface area (Å²) in [6.45, 7) is 4.26. The lowest BCUT2D eigenvalue weighted by atomic mass is 10.0. The van der Waals surface area contributed by atoms with Crippen LogP contribution in [0.5, 0.6) is 0 Å². The molecule has 6 heteroatoms. The second-order valence-corrected chi connectivity index (χ2v) is 6.14. The van der Waals surface area contributed by atoms with Crippen molar-refractivity contribution < 1.29 is 9.18 Å². The first-order valence-electron chi connectivity index (χ1n) is 7.84. The number of nitrogens with one attached hydrogen (secondary N) is 3. The summed E-state index contributed by atoms with van der Waals surface area (Å²) in [4.78, 5) is 11.7. The fourth-order valence-corrected chi connectivity index (χ4v) is 2.19. The molecule has 0 unspecified atom stereocenters. The molecule has 0 saturated carbocycles. The minimum Gasteiger partial charge on any atom is -0.331 e. The summed E-state index contributed by atoms with van der Waals surface area (Å²) in [6, 6.07) is 13.7. The van der Waals surface area contributed by atoms with Gasteiger partial charge in [-0.2, -0.15) is 0 Å². The van der Waals surface area contributed by atoms with Gasteiger partial charge in [-0.1, -0.05) is 38.1 Å². The SMILES string of the molecule is CC(C)c1ccc(NC(=S)NNC(=O)/C=C/c2ccc(F)cc2)cc1. The number of rotatable bonds is 4. The van der Waals surface area contributed by atoms with Crippen LogP contribution in [0.1, 0.15) is 30.9 Å². The van der Waals surface area contributed by atoms with Crippen molar-refractivity contribution in [1.29, 1.82) is 0 Å². The standard InChI is InChI=1S/C19H20FN3OS/c1-13(2)15-6-10-17(11-7-15)21-19(25)23-22-18(24)12-5-14-3-8-16(20)9-4-14/h3-13H,1-2H3,(H,22,24)(H2,21,23,25)/b12-5+. The van der Waals surface area contributed by atoms with E-state index in [9.17, 15) is 9.18 Å². The zero-order valence-corrected chi connectivity index (χ0v) is 14.9. The molecule has 0 heterocycles. The van der Waals surface area contributed by atoms with E-state index in [1.165, 1.54) is 23.8 Å². The molecule has 2 aromatic carbocycles. The molecule has 0 fully saturated rings. The summed E-state index contributed by atoms with van der Waals surface area (Å²) in [5.41, 5.74) is 7.88. The highest BCUT2D eigenvalue weighted by Gasteiger charge is 2.01. The van der Waals surface area contributed by atoms with Crippen LogP contribution in [0, 0.1) is 5.82 Å². The fraction of sp³-hybridized carbons (Fsp3) is 0.158. The number of thiocarbonyl (C=S) groups is 1. The molecule has 0 aliphatic carbocycles. The highest BCUT2D eigenvalue weighted by Crippen LogP contribution is 2.16. The van der Waals surface area contributed by atoms with Crippen molar-refractivity contribution in [1.82, 2.24) is 10.9 Å². The number of carbonyl (C=O) groups is 1. The Kier molecular flexibility index (Phi) is 6.65. The molecule has 4 nitrogen and oxygen atoms in total. The topological polar surface area (TPSA) is 53.2 Å². The average Bonchev–Trinajstić information content (AvgIpc) is 2.60. The van der Waals surface area contributed by atoms with Crippen LogP contribution in [0.4, 0.5) is 10.1 Å². The number of carbonyl (C=O) groups excluding carboxylic acids is 1. The molecular weight excluding hydrogens is 337 g/mol. The van der Waals surface area contributed by atoms with Crippen molar-refractivity contribution >= 4 is 35.0 Å². The predicted octanol–water partition coefficient (Wildman–Crippen LogP) is 3.98. The van der Waals surface area contributed by atoms with Crippen LogP contribution in [0.3, 0.4) is 0 Å². The molecule has 0 atom stereocenters.